The van der Waals surface area contributed by atoms with Crippen LogP contribution >= 0.6 is 0 Å². The van der Waals surface area contributed by atoms with E-state index in [0.717, 1.165) is 25.6 Å². The molecule has 1 aromatic rings. The molecule has 0 atom stereocenters. The topological polar surface area (TPSA) is 24.1 Å². The van der Waals surface area contributed by atoms with Crippen LogP contribution in [0.15, 0.2) is 18.2 Å². The second kappa shape index (κ2) is 5.26. The van der Waals surface area contributed by atoms with Gasteiger partial charge in [0.2, 0.25) is 0 Å². The fourth-order valence-corrected chi connectivity index (χ4v) is 3.34. The molecule has 1 aliphatic heterocycles. The van der Waals surface area contributed by atoms with Gasteiger partial charge in [-0.05, 0) is 53.8 Å². The molecule has 1 fully saturated rings. The molecule has 0 aromatic heterocycles. The zero-order valence-electron chi connectivity index (χ0n) is 12.3. The molecule has 2 aliphatic rings. The van der Waals surface area contributed by atoms with E-state index in [-0.39, 0.29) is 0 Å². The van der Waals surface area contributed by atoms with Crippen molar-refractivity contribution in [1.29, 1.82) is 0 Å². The molecule has 0 unspecified atom stereocenters. The number of hydrogen-bond acceptors (Lipinski definition) is 2. The highest BCUT2D eigenvalue weighted by Crippen LogP contribution is 2.51. The first kappa shape index (κ1) is 13.1. The maximum Gasteiger partial charge on any atom is 0.0208 e. The first-order valence-electron chi connectivity index (χ1n) is 7.72. The van der Waals surface area contributed by atoms with Gasteiger partial charge in [-0.2, -0.15) is 0 Å². The van der Waals surface area contributed by atoms with Gasteiger partial charge in [0.05, 0.1) is 0 Å². The van der Waals surface area contributed by atoms with Gasteiger partial charge in [0.1, 0.15) is 0 Å². The van der Waals surface area contributed by atoms with Gasteiger partial charge in [-0.3, -0.25) is 0 Å². The molecule has 0 saturated heterocycles. The molecule has 0 amide bonds. The Morgan fingerprint density at radius 3 is 2.89 bits per heavy atom. The molecular formula is C17H26N2. The van der Waals surface area contributed by atoms with E-state index in [1.807, 2.05) is 0 Å². The van der Waals surface area contributed by atoms with Crippen molar-refractivity contribution in [1.82, 2.24) is 10.6 Å². The normalized spacial score (nSPS) is 20.4. The number of nitrogens with one attached hydrogen (secondary N) is 2. The maximum absolute atomic E-state index is 3.72. The lowest BCUT2D eigenvalue weighted by atomic mass is 9.92. The van der Waals surface area contributed by atoms with Crippen molar-refractivity contribution in [3.05, 3.63) is 34.9 Å². The minimum absolute atomic E-state index is 0.608. The summed E-state index contributed by atoms with van der Waals surface area (Å²) >= 11 is 0. The van der Waals surface area contributed by atoms with Crippen LogP contribution in [-0.2, 0) is 19.5 Å². The number of rotatable bonds is 5. The highest BCUT2D eigenvalue weighted by Gasteiger charge is 2.44. The fourth-order valence-electron chi connectivity index (χ4n) is 3.34. The molecule has 0 spiro atoms. The van der Waals surface area contributed by atoms with E-state index in [4.69, 9.17) is 0 Å². The van der Waals surface area contributed by atoms with Crippen LogP contribution in [0.1, 0.15) is 43.4 Å². The Morgan fingerprint density at radius 2 is 2.16 bits per heavy atom. The maximum atomic E-state index is 3.72. The van der Waals surface area contributed by atoms with Crippen molar-refractivity contribution in [2.24, 2.45) is 11.3 Å². The van der Waals surface area contributed by atoms with E-state index in [0.29, 0.717) is 5.41 Å². The van der Waals surface area contributed by atoms with Gasteiger partial charge in [0.25, 0.3) is 0 Å². The Labute approximate surface area is 117 Å². The zero-order valence-corrected chi connectivity index (χ0v) is 12.3. The Bertz CT molecular complexity index is 447. The first-order chi connectivity index (χ1) is 9.21. The van der Waals surface area contributed by atoms with Crippen molar-refractivity contribution < 1.29 is 0 Å². The largest absolute Gasteiger partial charge is 0.312 e. The number of hydrogen-bond donors (Lipinski definition) is 2. The molecule has 1 aromatic carbocycles. The minimum Gasteiger partial charge on any atom is -0.312 e. The van der Waals surface area contributed by atoms with Crippen LogP contribution in [0, 0.1) is 11.3 Å². The van der Waals surface area contributed by atoms with Crippen LogP contribution in [0.2, 0.25) is 0 Å². The fraction of sp³-hybridized carbons (Fsp3) is 0.647. The van der Waals surface area contributed by atoms with Crippen LogP contribution in [-0.4, -0.2) is 13.1 Å². The highest BCUT2D eigenvalue weighted by atomic mass is 14.9. The van der Waals surface area contributed by atoms with E-state index in [1.165, 1.54) is 36.9 Å². The third-order valence-corrected chi connectivity index (χ3v) is 5.15. The summed E-state index contributed by atoms with van der Waals surface area (Å²) in [7, 11) is 0. The Kier molecular flexibility index (Phi) is 3.64. The number of benzene rings is 1. The van der Waals surface area contributed by atoms with Gasteiger partial charge in [-0.1, -0.05) is 32.0 Å². The number of fused-ring (bicyclic) bond motifs is 1. The van der Waals surface area contributed by atoms with Gasteiger partial charge >= 0.3 is 0 Å². The standard InChI is InChI=1S/C17H26N2/c1-13(2)17(7-8-17)12-19-11-15-5-3-4-14-10-18-9-6-16(14)15/h3-5,13,18-19H,6-12H2,1-2H3. The molecule has 3 rings (SSSR count). The smallest absolute Gasteiger partial charge is 0.0208 e. The molecule has 2 heteroatoms. The van der Waals surface area contributed by atoms with E-state index in [2.05, 4.69) is 42.7 Å². The molecule has 2 N–H and O–H groups in total. The summed E-state index contributed by atoms with van der Waals surface area (Å²) < 4.78 is 0. The second-order valence-corrected chi connectivity index (χ2v) is 6.60. The van der Waals surface area contributed by atoms with Gasteiger partial charge in [-0.15, -0.1) is 0 Å². The van der Waals surface area contributed by atoms with Crippen molar-refractivity contribution in [3.8, 4) is 0 Å². The SMILES string of the molecule is CC(C)C1(CNCc2cccc3c2CCNC3)CC1. The predicted octanol–water partition coefficient (Wildman–Crippen LogP) is 2.86. The van der Waals surface area contributed by atoms with Crippen LogP contribution in [0.5, 0.6) is 0 Å². The van der Waals surface area contributed by atoms with Crippen LogP contribution < -0.4 is 10.6 Å². The van der Waals surface area contributed by atoms with Gasteiger partial charge < -0.3 is 10.6 Å². The van der Waals surface area contributed by atoms with E-state index in [1.54, 1.807) is 5.56 Å². The van der Waals surface area contributed by atoms with E-state index < -0.39 is 0 Å². The quantitative estimate of drug-likeness (QED) is 0.848. The van der Waals surface area contributed by atoms with Gasteiger partial charge in [0.15, 0.2) is 0 Å². The molecule has 0 bridgehead atoms. The van der Waals surface area contributed by atoms with Crippen LogP contribution in [0.4, 0.5) is 0 Å². The van der Waals surface area contributed by atoms with Gasteiger partial charge in [0, 0.05) is 19.6 Å². The Balaban J connectivity index is 1.61. The van der Waals surface area contributed by atoms with E-state index in [9.17, 15) is 0 Å². The third kappa shape index (κ3) is 2.70. The van der Waals surface area contributed by atoms with Crippen molar-refractivity contribution in [3.63, 3.8) is 0 Å². The second-order valence-electron chi connectivity index (χ2n) is 6.60. The summed E-state index contributed by atoms with van der Waals surface area (Å²) in [5, 5.41) is 7.17. The molecule has 19 heavy (non-hydrogen) atoms. The summed E-state index contributed by atoms with van der Waals surface area (Å²) in [6, 6.07) is 6.77. The summed E-state index contributed by atoms with van der Waals surface area (Å²) in [6.07, 6.45) is 4.01. The average molecular weight is 258 g/mol. The molecule has 1 aliphatic carbocycles. The first-order valence-corrected chi connectivity index (χ1v) is 7.72. The molecule has 1 saturated carbocycles. The summed E-state index contributed by atoms with van der Waals surface area (Å²) in [5.41, 5.74) is 5.20. The highest BCUT2D eigenvalue weighted by molar-refractivity contribution is 5.37. The van der Waals surface area contributed by atoms with E-state index >= 15 is 0 Å². The van der Waals surface area contributed by atoms with Crippen molar-refractivity contribution in [2.45, 2.75) is 46.2 Å². The Morgan fingerprint density at radius 1 is 1.32 bits per heavy atom. The lowest BCUT2D eigenvalue weighted by Crippen LogP contribution is -2.29. The zero-order chi connectivity index (χ0) is 13.3. The third-order valence-electron chi connectivity index (χ3n) is 5.15. The molecule has 2 nitrogen and oxygen atoms in total. The molecule has 104 valence electrons. The summed E-state index contributed by atoms with van der Waals surface area (Å²) in [5.74, 6) is 0.814. The van der Waals surface area contributed by atoms with Crippen molar-refractivity contribution in [2.75, 3.05) is 13.1 Å². The molecule has 0 radical (unpaired) electrons. The van der Waals surface area contributed by atoms with Gasteiger partial charge in [-0.25, -0.2) is 0 Å². The Hall–Kier alpha value is -0.860. The summed E-state index contributed by atoms with van der Waals surface area (Å²) in [4.78, 5) is 0. The minimum atomic E-state index is 0.608. The molecule has 1 heterocycles. The predicted molar refractivity (Wildman–Crippen MR) is 80.1 cm³/mol. The lowest BCUT2D eigenvalue weighted by Gasteiger charge is -2.23. The monoisotopic (exact) mass is 258 g/mol. The average Bonchev–Trinajstić information content (AvgIpc) is 3.20. The molecular weight excluding hydrogens is 232 g/mol. The van der Waals surface area contributed by atoms with Crippen LogP contribution in [0.3, 0.4) is 0 Å². The lowest BCUT2D eigenvalue weighted by molar-refractivity contribution is 0.337. The van der Waals surface area contributed by atoms with Crippen molar-refractivity contribution >= 4 is 0 Å². The van der Waals surface area contributed by atoms with Crippen LogP contribution in [0.25, 0.3) is 0 Å². The summed E-state index contributed by atoms with van der Waals surface area (Å²) in [6.45, 7) is 9.12.